The van der Waals surface area contributed by atoms with Gasteiger partial charge in [0, 0.05) is 12.1 Å². The minimum Gasteiger partial charge on any atom is -0.367 e. The number of nitrogens with zero attached hydrogens (tertiary/aromatic N) is 1. The lowest BCUT2D eigenvalue weighted by Gasteiger charge is -2.16. The van der Waals surface area contributed by atoms with Crippen LogP contribution in [0.1, 0.15) is 17.2 Å². The third-order valence-corrected chi connectivity index (χ3v) is 3.17. The molecule has 0 spiro atoms. The first-order valence-electron chi connectivity index (χ1n) is 6.24. The van der Waals surface area contributed by atoms with E-state index in [1.807, 2.05) is 24.3 Å². The Morgan fingerprint density at radius 1 is 1.29 bits per heavy atom. The van der Waals surface area contributed by atoms with Gasteiger partial charge in [0.15, 0.2) is 6.10 Å². The highest BCUT2D eigenvalue weighted by Gasteiger charge is 2.20. The van der Waals surface area contributed by atoms with E-state index in [1.165, 1.54) is 13.2 Å². The number of carbonyl (C=O) groups is 1. The average molecular weight is 301 g/mol. The molecule has 0 aromatic heterocycles. The molecule has 0 heterocycles. The summed E-state index contributed by atoms with van der Waals surface area (Å²) in [6, 6.07) is 15.8. The Bertz CT molecular complexity index is 680. The number of amides is 1. The lowest BCUT2D eigenvalue weighted by atomic mass is 10.1. The predicted molar refractivity (Wildman–Crippen MR) is 81.0 cm³/mol. The first kappa shape index (κ1) is 15.0. The zero-order valence-corrected chi connectivity index (χ0v) is 12.1. The van der Waals surface area contributed by atoms with Crippen LogP contribution in [-0.2, 0) is 9.53 Å². The van der Waals surface area contributed by atoms with Crippen molar-refractivity contribution in [3.05, 3.63) is 64.7 Å². The van der Waals surface area contributed by atoms with Crippen LogP contribution in [-0.4, -0.2) is 13.0 Å². The van der Waals surface area contributed by atoms with Crippen molar-refractivity contribution < 1.29 is 9.53 Å². The molecule has 21 heavy (non-hydrogen) atoms. The fourth-order valence-corrected chi connectivity index (χ4v) is 2.11. The molecule has 0 saturated carbocycles. The van der Waals surface area contributed by atoms with Crippen LogP contribution in [0.3, 0.4) is 0 Å². The molecular weight excluding hydrogens is 288 g/mol. The van der Waals surface area contributed by atoms with E-state index in [9.17, 15) is 4.79 Å². The molecule has 0 saturated heterocycles. The highest BCUT2D eigenvalue weighted by Crippen LogP contribution is 2.23. The maximum atomic E-state index is 12.3. The Balaban J connectivity index is 2.25. The SMILES string of the molecule is COC(C(=O)Nc1cc(Cl)ccc1C#N)c1ccccc1. The van der Waals surface area contributed by atoms with Crippen molar-refractivity contribution in [1.82, 2.24) is 0 Å². The van der Waals surface area contributed by atoms with Crippen molar-refractivity contribution in [3.63, 3.8) is 0 Å². The molecular formula is C16H13ClN2O2. The molecule has 0 aliphatic carbocycles. The largest absolute Gasteiger partial charge is 0.367 e. The second-order valence-electron chi connectivity index (χ2n) is 4.32. The molecule has 0 radical (unpaired) electrons. The third-order valence-electron chi connectivity index (χ3n) is 2.94. The minimum absolute atomic E-state index is 0.343. The zero-order chi connectivity index (χ0) is 15.2. The Labute approximate surface area is 127 Å². The molecule has 2 aromatic carbocycles. The van der Waals surface area contributed by atoms with Crippen LogP contribution in [0.4, 0.5) is 5.69 Å². The quantitative estimate of drug-likeness (QED) is 0.939. The molecule has 0 fully saturated rings. The monoisotopic (exact) mass is 300 g/mol. The first-order valence-corrected chi connectivity index (χ1v) is 6.61. The van der Waals surface area contributed by atoms with Gasteiger partial charge in [-0.1, -0.05) is 41.9 Å². The molecule has 4 nitrogen and oxygen atoms in total. The summed E-state index contributed by atoms with van der Waals surface area (Å²) in [6.07, 6.45) is -0.753. The van der Waals surface area contributed by atoms with E-state index in [-0.39, 0.29) is 5.91 Å². The van der Waals surface area contributed by atoms with Gasteiger partial charge in [-0.2, -0.15) is 5.26 Å². The van der Waals surface area contributed by atoms with Crippen LogP contribution in [0.2, 0.25) is 5.02 Å². The minimum atomic E-state index is -0.753. The summed E-state index contributed by atoms with van der Waals surface area (Å²) in [5.41, 5.74) is 1.45. The number of anilines is 1. The van der Waals surface area contributed by atoms with Gasteiger partial charge in [-0.3, -0.25) is 4.79 Å². The topological polar surface area (TPSA) is 62.1 Å². The van der Waals surface area contributed by atoms with Gasteiger partial charge in [-0.05, 0) is 23.8 Å². The summed E-state index contributed by atoms with van der Waals surface area (Å²) in [7, 11) is 1.46. The molecule has 1 atom stereocenters. The fraction of sp³-hybridized carbons (Fsp3) is 0.125. The van der Waals surface area contributed by atoms with E-state index in [2.05, 4.69) is 5.32 Å². The Morgan fingerprint density at radius 2 is 2.00 bits per heavy atom. The number of benzene rings is 2. The van der Waals surface area contributed by atoms with Crippen LogP contribution in [0.25, 0.3) is 0 Å². The van der Waals surface area contributed by atoms with Gasteiger partial charge >= 0.3 is 0 Å². The van der Waals surface area contributed by atoms with E-state index < -0.39 is 6.10 Å². The summed E-state index contributed by atoms with van der Waals surface area (Å²) in [6.45, 7) is 0. The average Bonchev–Trinajstić information content (AvgIpc) is 2.49. The van der Waals surface area contributed by atoms with E-state index in [4.69, 9.17) is 21.6 Å². The molecule has 1 N–H and O–H groups in total. The van der Waals surface area contributed by atoms with Crippen molar-refractivity contribution in [1.29, 1.82) is 5.26 Å². The number of carbonyl (C=O) groups excluding carboxylic acids is 1. The molecule has 0 aliphatic heterocycles. The number of nitriles is 1. The summed E-state index contributed by atoms with van der Waals surface area (Å²) >= 11 is 5.90. The standard InChI is InChI=1S/C16H13ClN2O2/c1-21-15(11-5-3-2-4-6-11)16(20)19-14-9-13(17)8-7-12(14)10-18/h2-9,15H,1H3,(H,19,20). The number of methoxy groups -OCH3 is 1. The summed E-state index contributed by atoms with van der Waals surface area (Å²) in [5, 5.41) is 12.2. The molecule has 106 valence electrons. The maximum Gasteiger partial charge on any atom is 0.258 e. The predicted octanol–water partition coefficient (Wildman–Crippen LogP) is 3.54. The van der Waals surface area contributed by atoms with Crippen LogP contribution in [0.15, 0.2) is 48.5 Å². The third kappa shape index (κ3) is 3.60. The van der Waals surface area contributed by atoms with E-state index in [1.54, 1.807) is 24.3 Å². The molecule has 0 bridgehead atoms. The van der Waals surface area contributed by atoms with Crippen molar-refractivity contribution >= 4 is 23.2 Å². The Kier molecular flexibility index (Phi) is 4.94. The lowest BCUT2D eigenvalue weighted by molar-refractivity contribution is -0.126. The van der Waals surface area contributed by atoms with Crippen molar-refractivity contribution in [2.45, 2.75) is 6.10 Å². The molecule has 2 rings (SSSR count). The molecule has 1 unspecified atom stereocenters. The second-order valence-corrected chi connectivity index (χ2v) is 4.75. The number of rotatable bonds is 4. The molecule has 1 amide bonds. The number of nitrogens with one attached hydrogen (secondary N) is 1. The van der Waals surface area contributed by atoms with Gasteiger partial charge in [0.05, 0.1) is 11.3 Å². The highest BCUT2D eigenvalue weighted by molar-refractivity contribution is 6.31. The van der Waals surface area contributed by atoms with E-state index >= 15 is 0 Å². The first-order chi connectivity index (χ1) is 10.2. The van der Waals surface area contributed by atoms with E-state index in [0.717, 1.165) is 5.56 Å². The van der Waals surface area contributed by atoms with Crippen LogP contribution >= 0.6 is 11.6 Å². The number of hydrogen-bond acceptors (Lipinski definition) is 3. The van der Waals surface area contributed by atoms with Gasteiger partial charge < -0.3 is 10.1 Å². The van der Waals surface area contributed by atoms with Gasteiger partial charge in [0.1, 0.15) is 6.07 Å². The summed E-state index contributed by atoms with van der Waals surface area (Å²) in [4.78, 5) is 12.3. The molecule has 5 heteroatoms. The van der Waals surface area contributed by atoms with Crippen LogP contribution in [0.5, 0.6) is 0 Å². The van der Waals surface area contributed by atoms with Crippen molar-refractivity contribution in [2.24, 2.45) is 0 Å². The number of halogens is 1. The second kappa shape index (κ2) is 6.89. The lowest BCUT2D eigenvalue weighted by Crippen LogP contribution is -2.23. The molecule has 2 aromatic rings. The summed E-state index contributed by atoms with van der Waals surface area (Å²) < 4.78 is 5.25. The normalized spacial score (nSPS) is 11.5. The number of ether oxygens (including phenoxy) is 1. The van der Waals surface area contributed by atoms with Gasteiger partial charge in [0.2, 0.25) is 0 Å². The fourth-order valence-electron chi connectivity index (χ4n) is 1.94. The van der Waals surface area contributed by atoms with E-state index in [0.29, 0.717) is 16.3 Å². The van der Waals surface area contributed by atoms with Crippen molar-refractivity contribution in [3.8, 4) is 6.07 Å². The van der Waals surface area contributed by atoms with Crippen LogP contribution in [0, 0.1) is 11.3 Å². The van der Waals surface area contributed by atoms with Gasteiger partial charge in [0.25, 0.3) is 5.91 Å². The molecule has 0 aliphatic rings. The Hall–Kier alpha value is -2.35. The maximum absolute atomic E-state index is 12.3. The van der Waals surface area contributed by atoms with Gasteiger partial charge in [-0.25, -0.2) is 0 Å². The Morgan fingerprint density at radius 3 is 2.62 bits per heavy atom. The van der Waals surface area contributed by atoms with Gasteiger partial charge in [-0.15, -0.1) is 0 Å². The van der Waals surface area contributed by atoms with Crippen LogP contribution < -0.4 is 5.32 Å². The van der Waals surface area contributed by atoms with Crippen molar-refractivity contribution in [2.75, 3.05) is 12.4 Å². The summed E-state index contributed by atoms with van der Waals surface area (Å²) in [5.74, 6) is -0.359. The number of hydrogen-bond donors (Lipinski definition) is 1. The smallest absolute Gasteiger partial charge is 0.258 e. The zero-order valence-electron chi connectivity index (χ0n) is 11.3. The highest BCUT2D eigenvalue weighted by atomic mass is 35.5.